The Morgan fingerprint density at radius 1 is 1.27 bits per heavy atom. The second-order valence-corrected chi connectivity index (χ2v) is 6.27. The number of aliphatic carboxylic acids is 1. The van der Waals surface area contributed by atoms with E-state index in [2.05, 4.69) is 17.2 Å². The molecule has 0 aliphatic carbocycles. The van der Waals surface area contributed by atoms with Crippen LogP contribution in [0.3, 0.4) is 0 Å². The molecule has 0 saturated heterocycles. The molecule has 2 amide bonds. The first kappa shape index (κ1) is 21.2. The van der Waals surface area contributed by atoms with Gasteiger partial charge in [0.25, 0.3) is 5.91 Å². The van der Waals surface area contributed by atoms with Gasteiger partial charge in [0.2, 0.25) is 5.91 Å². The summed E-state index contributed by atoms with van der Waals surface area (Å²) in [5.74, 6) is 4.00. The molecule has 1 aromatic rings. The summed E-state index contributed by atoms with van der Waals surface area (Å²) in [6, 6.07) is 6.46. The van der Waals surface area contributed by atoms with Crippen molar-refractivity contribution in [1.29, 1.82) is 0 Å². The van der Waals surface area contributed by atoms with Gasteiger partial charge in [-0.2, -0.15) is 0 Å². The molecule has 0 bridgehead atoms. The van der Waals surface area contributed by atoms with Crippen molar-refractivity contribution >= 4 is 17.8 Å². The summed E-state index contributed by atoms with van der Waals surface area (Å²) < 4.78 is 0. The Morgan fingerprint density at radius 2 is 1.96 bits per heavy atom. The van der Waals surface area contributed by atoms with Gasteiger partial charge in [-0.15, -0.1) is 0 Å². The Hall–Kier alpha value is -2.85. The number of nitrogens with zero attached hydrogens (tertiary/aromatic N) is 1. The first-order valence-corrected chi connectivity index (χ1v) is 8.15. The molecule has 140 valence electrons. The lowest BCUT2D eigenvalue weighted by molar-refractivity contribution is -0.145. The molecule has 0 radical (unpaired) electrons. The van der Waals surface area contributed by atoms with Gasteiger partial charge < -0.3 is 20.4 Å². The average Bonchev–Trinajstić information content (AvgIpc) is 2.61. The maximum absolute atomic E-state index is 12.2. The van der Waals surface area contributed by atoms with Gasteiger partial charge in [0.15, 0.2) is 5.54 Å². The molecule has 0 saturated carbocycles. The van der Waals surface area contributed by atoms with Crippen molar-refractivity contribution in [1.82, 2.24) is 10.2 Å². The van der Waals surface area contributed by atoms with E-state index in [0.29, 0.717) is 24.8 Å². The summed E-state index contributed by atoms with van der Waals surface area (Å²) in [6.07, 6.45) is 1.63. The number of nitrogens with one attached hydrogen (secondary N) is 1. The molecule has 1 rings (SSSR count). The first-order chi connectivity index (χ1) is 12.2. The Kier molecular flexibility index (Phi) is 7.81. The topological polar surface area (TPSA) is 107 Å². The van der Waals surface area contributed by atoms with Crippen LogP contribution in [-0.2, 0) is 9.59 Å². The quantitative estimate of drug-likeness (QED) is 0.494. The highest BCUT2D eigenvalue weighted by atomic mass is 16.4. The molecule has 0 spiro atoms. The molecule has 0 fully saturated rings. The zero-order valence-electron chi connectivity index (χ0n) is 15.2. The number of unbranched alkanes of at least 4 members (excludes halogenated alkanes) is 1. The van der Waals surface area contributed by atoms with Gasteiger partial charge in [0, 0.05) is 38.1 Å². The SMILES string of the molecule is CN(C)C(=O)CCCC#Cc1cccc(C(=O)N[C@@](C)(CO)C(=O)O)c1. The molecular formula is C19H24N2O5. The summed E-state index contributed by atoms with van der Waals surface area (Å²) >= 11 is 0. The Bertz CT molecular complexity index is 733. The molecule has 1 aromatic carbocycles. The van der Waals surface area contributed by atoms with Crippen molar-refractivity contribution in [2.24, 2.45) is 0 Å². The van der Waals surface area contributed by atoms with Crippen LogP contribution in [0.5, 0.6) is 0 Å². The van der Waals surface area contributed by atoms with E-state index in [1.807, 2.05) is 0 Å². The van der Waals surface area contributed by atoms with Crippen molar-refractivity contribution in [3.05, 3.63) is 35.4 Å². The van der Waals surface area contributed by atoms with Crippen LogP contribution in [0.1, 0.15) is 42.1 Å². The molecule has 0 aliphatic heterocycles. The fourth-order valence-electron chi connectivity index (χ4n) is 1.94. The van der Waals surface area contributed by atoms with E-state index in [0.717, 1.165) is 0 Å². The van der Waals surface area contributed by atoms with Gasteiger partial charge in [-0.3, -0.25) is 9.59 Å². The highest BCUT2D eigenvalue weighted by Crippen LogP contribution is 2.09. The lowest BCUT2D eigenvalue weighted by Gasteiger charge is -2.23. The molecule has 0 unspecified atom stereocenters. The van der Waals surface area contributed by atoms with Crippen LogP contribution >= 0.6 is 0 Å². The number of rotatable bonds is 7. The lowest BCUT2D eigenvalue weighted by atomic mass is 10.0. The van der Waals surface area contributed by atoms with E-state index in [9.17, 15) is 19.5 Å². The van der Waals surface area contributed by atoms with Crippen molar-refractivity contribution in [3.8, 4) is 11.8 Å². The second kappa shape index (κ2) is 9.59. The maximum Gasteiger partial charge on any atom is 0.331 e. The smallest absolute Gasteiger partial charge is 0.331 e. The fourth-order valence-corrected chi connectivity index (χ4v) is 1.94. The van der Waals surface area contributed by atoms with Crippen LogP contribution in [0.15, 0.2) is 24.3 Å². The number of carbonyl (C=O) groups excluding carboxylic acids is 2. The lowest BCUT2D eigenvalue weighted by Crippen LogP contribution is -2.54. The largest absolute Gasteiger partial charge is 0.479 e. The van der Waals surface area contributed by atoms with Gasteiger partial charge in [0.05, 0.1) is 6.61 Å². The zero-order valence-corrected chi connectivity index (χ0v) is 15.2. The number of hydrogen-bond acceptors (Lipinski definition) is 4. The molecule has 1 atom stereocenters. The summed E-state index contributed by atoms with van der Waals surface area (Å²) in [4.78, 5) is 36.4. The number of benzene rings is 1. The minimum absolute atomic E-state index is 0.0517. The third kappa shape index (κ3) is 6.22. The third-order valence-electron chi connectivity index (χ3n) is 3.73. The van der Waals surface area contributed by atoms with Gasteiger partial charge in [-0.25, -0.2) is 4.79 Å². The van der Waals surface area contributed by atoms with Crippen molar-refractivity contribution in [2.45, 2.75) is 31.7 Å². The van der Waals surface area contributed by atoms with E-state index in [1.54, 1.807) is 32.3 Å². The monoisotopic (exact) mass is 360 g/mol. The molecule has 0 aliphatic rings. The van der Waals surface area contributed by atoms with Crippen LogP contribution in [0.25, 0.3) is 0 Å². The highest BCUT2D eigenvalue weighted by molar-refractivity contribution is 5.98. The zero-order chi connectivity index (χ0) is 19.7. The van der Waals surface area contributed by atoms with E-state index in [4.69, 9.17) is 5.11 Å². The van der Waals surface area contributed by atoms with Crippen LogP contribution in [0.4, 0.5) is 0 Å². The summed E-state index contributed by atoms with van der Waals surface area (Å²) in [7, 11) is 3.41. The van der Waals surface area contributed by atoms with Gasteiger partial charge in [0.1, 0.15) is 0 Å². The Balaban J connectivity index is 2.71. The van der Waals surface area contributed by atoms with Crippen molar-refractivity contribution < 1.29 is 24.6 Å². The molecule has 7 nitrogen and oxygen atoms in total. The molecule has 0 aromatic heterocycles. The maximum atomic E-state index is 12.2. The molecule has 0 heterocycles. The average molecular weight is 360 g/mol. The molecule has 3 N–H and O–H groups in total. The standard InChI is InChI=1S/C19H24N2O5/c1-19(13-22,18(25)26)20-17(24)15-10-7-9-14(12-15)8-5-4-6-11-16(23)21(2)3/h7,9-10,12,22H,4,6,11,13H2,1-3H3,(H,20,24)(H,25,26)/t19-/m0/s1. The van der Waals surface area contributed by atoms with Crippen molar-refractivity contribution in [3.63, 3.8) is 0 Å². The van der Waals surface area contributed by atoms with Crippen LogP contribution in [0, 0.1) is 11.8 Å². The molecule has 26 heavy (non-hydrogen) atoms. The first-order valence-electron chi connectivity index (χ1n) is 8.15. The minimum Gasteiger partial charge on any atom is -0.479 e. The number of carboxylic acids is 1. The minimum atomic E-state index is -1.75. The van der Waals surface area contributed by atoms with Gasteiger partial charge >= 0.3 is 5.97 Å². The Labute approximate surface area is 153 Å². The van der Waals surface area contributed by atoms with E-state index in [1.165, 1.54) is 17.9 Å². The molecule has 7 heteroatoms. The normalized spacial score (nSPS) is 12.3. The highest BCUT2D eigenvalue weighted by Gasteiger charge is 2.34. The summed E-state index contributed by atoms with van der Waals surface area (Å²) in [5.41, 5.74) is -0.893. The predicted octanol–water partition coefficient (Wildman–Crippen LogP) is 0.862. The predicted molar refractivity (Wildman–Crippen MR) is 96.5 cm³/mol. The van der Waals surface area contributed by atoms with Gasteiger partial charge in [-0.1, -0.05) is 17.9 Å². The van der Waals surface area contributed by atoms with Crippen LogP contribution < -0.4 is 5.32 Å². The van der Waals surface area contributed by atoms with Crippen LogP contribution in [0.2, 0.25) is 0 Å². The fraction of sp³-hybridized carbons (Fsp3) is 0.421. The molecular weight excluding hydrogens is 336 g/mol. The van der Waals surface area contributed by atoms with E-state index in [-0.39, 0.29) is 11.5 Å². The number of amides is 2. The van der Waals surface area contributed by atoms with Crippen LogP contribution in [-0.4, -0.2) is 59.1 Å². The van der Waals surface area contributed by atoms with E-state index >= 15 is 0 Å². The Morgan fingerprint density at radius 3 is 2.54 bits per heavy atom. The second-order valence-electron chi connectivity index (χ2n) is 6.27. The number of aliphatic hydroxyl groups excluding tert-OH is 1. The number of carbonyl (C=O) groups is 3. The summed E-state index contributed by atoms with van der Waals surface area (Å²) in [6.45, 7) is 0.505. The number of carboxylic acid groups (broad SMARTS) is 1. The number of aliphatic hydroxyl groups is 1. The third-order valence-corrected chi connectivity index (χ3v) is 3.73. The summed E-state index contributed by atoms with van der Waals surface area (Å²) in [5, 5.41) is 20.6. The van der Waals surface area contributed by atoms with Crippen molar-refractivity contribution in [2.75, 3.05) is 20.7 Å². The van der Waals surface area contributed by atoms with E-state index < -0.39 is 24.0 Å². The number of hydrogen-bond donors (Lipinski definition) is 3. The van der Waals surface area contributed by atoms with Gasteiger partial charge in [-0.05, 0) is 31.5 Å².